The van der Waals surface area contributed by atoms with Crippen molar-refractivity contribution in [1.29, 1.82) is 0 Å². The molecule has 0 amide bonds. The van der Waals surface area contributed by atoms with E-state index >= 15 is 0 Å². The van der Waals surface area contributed by atoms with Crippen LogP contribution in [0.2, 0.25) is 0 Å². The normalized spacial score (nSPS) is 15.1. The van der Waals surface area contributed by atoms with Gasteiger partial charge in [-0.3, -0.25) is 4.79 Å². The van der Waals surface area contributed by atoms with Crippen LogP contribution < -0.4 is 15.2 Å². The van der Waals surface area contributed by atoms with E-state index in [0.717, 1.165) is 11.4 Å². The molecule has 146 valence electrons. The van der Waals surface area contributed by atoms with E-state index in [1.54, 1.807) is 12.3 Å². The Bertz CT molecular complexity index is 1160. The van der Waals surface area contributed by atoms with E-state index < -0.39 is 10.0 Å². The number of hydrogen-bond donors (Lipinski definition) is 2. The smallest absolute Gasteiger partial charge is 0.258 e. The number of fused-ring (bicyclic) bond motifs is 1. The zero-order chi connectivity index (χ0) is 19.6. The van der Waals surface area contributed by atoms with E-state index in [0.29, 0.717) is 31.8 Å². The summed E-state index contributed by atoms with van der Waals surface area (Å²) < 4.78 is 33.5. The summed E-state index contributed by atoms with van der Waals surface area (Å²) in [6, 6.07) is 7.89. The summed E-state index contributed by atoms with van der Waals surface area (Å²) in [6.07, 6.45) is 2.97. The zero-order valence-corrected chi connectivity index (χ0v) is 15.8. The lowest BCUT2D eigenvalue weighted by molar-refractivity contribution is 0.122. The Morgan fingerprint density at radius 1 is 1.18 bits per heavy atom. The fourth-order valence-electron chi connectivity index (χ4n) is 3.10. The Balaban J connectivity index is 1.58. The maximum atomic E-state index is 12.8. The predicted molar refractivity (Wildman–Crippen MR) is 104 cm³/mol. The number of nitrogens with zero attached hydrogens (tertiary/aromatic N) is 3. The van der Waals surface area contributed by atoms with Crippen LogP contribution in [0.4, 0.5) is 5.82 Å². The first-order chi connectivity index (χ1) is 13.5. The van der Waals surface area contributed by atoms with Crippen LogP contribution in [0.25, 0.3) is 10.9 Å². The molecule has 0 spiro atoms. The molecule has 2 N–H and O–H groups in total. The average Bonchev–Trinajstić information content (AvgIpc) is 2.73. The minimum atomic E-state index is -3.82. The summed E-state index contributed by atoms with van der Waals surface area (Å²) in [5.74, 6) is 0.743. The van der Waals surface area contributed by atoms with Gasteiger partial charge in [-0.1, -0.05) is 6.07 Å². The van der Waals surface area contributed by atoms with E-state index in [9.17, 15) is 13.2 Å². The highest BCUT2D eigenvalue weighted by atomic mass is 32.2. The second kappa shape index (κ2) is 7.66. The first-order valence-corrected chi connectivity index (χ1v) is 10.3. The molecule has 9 nitrogen and oxygen atoms in total. The van der Waals surface area contributed by atoms with Crippen LogP contribution in [-0.2, 0) is 21.3 Å². The van der Waals surface area contributed by atoms with Gasteiger partial charge in [0.25, 0.3) is 5.56 Å². The molecule has 4 rings (SSSR count). The molecule has 1 saturated heterocycles. The summed E-state index contributed by atoms with van der Waals surface area (Å²) in [5, 5.41) is 0.223. The molecule has 3 aromatic rings. The molecule has 1 aliphatic rings. The molecular weight excluding hydrogens is 382 g/mol. The molecule has 28 heavy (non-hydrogen) atoms. The van der Waals surface area contributed by atoms with Crippen molar-refractivity contribution in [3.63, 3.8) is 0 Å². The van der Waals surface area contributed by atoms with E-state index in [1.165, 1.54) is 24.5 Å². The van der Waals surface area contributed by atoms with Gasteiger partial charge in [-0.15, -0.1) is 0 Å². The molecule has 3 heterocycles. The van der Waals surface area contributed by atoms with Crippen molar-refractivity contribution in [3.05, 3.63) is 58.8 Å². The number of pyridine rings is 1. The van der Waals surface area contributed by atoms with Crippen molar-refractivity contribution in [3.8, 4) is 0 Å². The lowest BCUT2D eigenvalue weighted by Crippen LogP contribution is -2.37. The van der Waals surface area contributed by atoms with Crippen LogP contribution in [0.3, 0.4) is 0 Å². The van der Waals surface area contributed by atoms with Crippen LogP contribution >= 0.6 is 0 Å². The third kappa shape index (κ3) is 3.75. The fraction of sp³-hybridized carbons (Fsp3) is 0.278. The van der Waals surface area contributed by atoms with Crippen LogP contribution in [-0.4, -0.2) is 49.7 Å². The van der Waals surface area contributed by atoms with Gasteiger partial charge in [0.15, 0.2) is 0 Å². The molecule has 0 bridgehead atoms. The van der Waals surface area contributed by atoms with E-state index in [1.807, 2.05) is 6.07 Å². The van der Waals surface area contributed by atoms with Gasteiger partial charge in [-0.05, 0) is 24.3 Å². The number of ether oxygens (including phenoxy) is 1. The monoisotopic (exact) mass is 401 g/mol. The largest absolute Gasteiger partial charge is 0.378 e. The number of sulfonamides is 1. The third-order valence-corrected chi connectivity index (χ3v) is 5.95. The van der Waals surface area contributed by atoms with Crippen molar-refractivity contribution < 1.29 is 13.2 Å². The molecule has 1 aromatic carbocycles. The Kier molecular flexibility index (Phi) is 5.07. The molecule has 0 atom stereocenters. The summed E-state index contributed by atoms with van der Waals surface area (Å²) in [7, 11) is -3.82. The SMILES string of the molecule is O=c1[nH]cnc2ccc(S(=O)(=O)NCc3cccnc3N3CCOCC3)cc12. The highest BCUT2D eigenvalue weighted by Gasteiger charge is 2.19. The number of rotatable bonds is 5. The van der Waals surface area contributed by atoms with Crippen molar-refractivity contribution in [2.45, 2.75) is 11.4 Å². The first kappa shape index (κ1) is 18.5. The van der Waals surface area contributed by atoms with Gasteiger partial charge >= 0.3 is 0 Å². The average molecular weight is 401 g/mol. The van der Waals surface area contributed by atoms with Gasteiger partial charge in [0, 0.05) is 31.4 Å². The van der Waals surface area contributed by atoms with Crippen molar-refractivity contribution >= 4 is 26.7 Å². The van der Waals surface area contributed by atoms with Gasteiger partial charge in [0.1, 0.15) is 5.82 Å². The Morgan fingerprint density at radius 3 is 2.82 bits per heavy atom. The molecule has 2 aromatic heterocycles. The second-order valence-electron chi connectivity index (χ2n) is 6.32. The molecule has 1 fully saturated rings. The van der Waals surface area contributed by atoms with E-state index in [4.69, 9.17) is 4.74 Å². The Morgan fingerprint density at radius 2 is 2.00 bits per heavy atom. The van der Waals surface area contributed by atoms with Gasteiger partial charge in [0.2, 0.25) is 10.0 Å². The number of nitrogens with one attached hydrogen (secondary N) is 2. The molecule has 0 aliphatic carbocycles. The lowest BCUT2D eigenvalue weighted by Gasteiger charge is -2.29. The lowest BCUT2D eigenvalue weighted by atomic mass is 10.2. The highest BCUT2D eigenvalue weighted by molar-refractivity contribution is 7.89. The molecular formula is C18H19N5O4S. The summed E-state index contributed by atoms with van der Waals surface area (Å²) in [4.78, 5) is 24.9. The molecule has 0 saturated carbocycles. The number of aromatic amines is 1. The fourth-order valence-corrected chi connectivity index (χ4v) is 4.13. The molecule has 0 unspecified atom stereocenters. The van der Waals surface area contributed by atoms with Crippen LogP contribution in [0.1, 0.15) is 5.56 Å². The summed E-state index contributed by atoms with van der Waals surface area (Å²) in [6.45, 7) is 2.72. The van der Waals surface area contributed by atoms with Gasteiger partial charge in [0.05, 0.1) is 35.3 Å². The maximum absolute atomic E-state index is 12.8. The number of hydrogen-bond acceptors (Lipinski definition) is 7. The number of H-pyrrole nitrogens is 1. The number of anilines is 1. The third-order valence-electron chi connectivity index (χ3n) is 4.55. The zero-order valence-electron chi connectivity index (χ0n) is 15.0. The summed E-state index contributed by atoms with van der Waals surface area (Å²) >= 11 is 0. The van der Waals surface area contributed by atoms with Crippen molar-refractivity contribution in [2.24, 2.45) is 0 Å². The van der Waals surface area contributed by atoms with E-state index in [-0.39, 0.29) is 22.4 Å². The van der Waals surface area contributed by atoms with Gasteiger partial charge < -0.3 is 14.6 Å². The minimum absolute atomic E-state index is 0.00955. The maximum Gasteiger partial charge on any atom is 0.258 e. The van der Waals surface area contributed by atoms with Crippen LogP contribution in [0, 0.1) is 0 Å². The molecule has 0 radical (unpaired) electrons. The number of aromatic nitrogens is 3. The summed E-state index contributed by atoms with van der Waals surface area (Å²) in [5.41, 5.74) is 0.821. The van der Waals surface area contributed by atoms with E-state index in [2.05, 4.69) is 24.6 Å². The predicted octanol–water partition coefficient (Wildman–Crippen LogP) is 0.633. The molecule has 1 aliphatic heterocycles. The number of morpholine rings is 1. The van der Waals surface area contributed by atoms with Gasteiger partial charge in [-0.25, -0.2) is 23.1 Å². The minimum Gasteiger partial charge on any atom is -0.378 e. The molecule has 10 heteroatoms. The standard InChI is InChI=1S/C18H19N5O4S/c24-18-15-10-14(3-4-16(15)20-12-21-18)28(25,26)22-11-13-2-1-5-19-17(13)23-6-8-27-9-7-23/h1-5,10,12,22H,6-9,11H2,(H,20,21,24). The Hall–Kier alpha value is -2.82. The van der Waals surface area contributed by atoms with Crippen LogP contribution in [0.5, 0.6) is 0 Å². The van der Waals surface area contributed by atoms with Gasteiger partial charge in [-0.2, -0.15) is 0 Å². The Labute approximate surface area is 161 Å². The van der Waals surface area contributed by atoms with Crippen molar-refractivity contribution in [1.82, 2.24) is 19.7 Å². The second-order valence-corrected chi connectivity index (χ2v) is 8.09. The topological polar surface area (TPSA) is 117 Å². The first-order valence-electron chi connectivity index (χ1n) is 8.78. The number of benzene rings is 1. The van der Waals surface area contributed by atoms with Crippen LogP contribution in [0.15, 0.2) is 52.5 Å². The highest BCUT2D eigenvalue weighted by Crippen LogP contribution is 2.20. The van der Waals surface area contributed by atoms with Crippen molar-refractivity contribution in [2.75, 3.05) is 31.2 Å². The quantitative estimate of drug-likeness (QED) is 0.644.